The number of nitrogens with zero attached hydrogens (tertiary/aromatic N) is 3. The number of halogens is 2. The monoisotopic (exact) mass is 466 g/mol. The van der Waals surface area contributed by atoms with Gasteiger partial charge in [-0.3, -0.25) is 9.52 Å². The second-order valence-corrected chi connectivity index (χ2v) is 8.92. The number of H-pyrrole nitrogens is 1. The van der Waals surface area contributed by atoms with E-state index >= 15 is 4.39 Å². The Morgan fingerprint density at radius 1 is 1.19 bits per heavy atom. The molecule has 172 valence electrons. The van der Waals surface area contributed by atoms with Crippen molar-refractivity contribution in [2.24, 2.45) is 0 Å². The van der Waals surface area contributed by atoms with Crippen molar-refractivity contribution in [2.45, 2.75) is 33.7 Å². The molecule has 32 heavy (non-hydrogen) atoms. The first-order valence-corrected chi connectivity index (χ1v) is 11.4. The van der Waals surface area contributed by atoms with E-state index in [1.54, 1.807) is 13.8 Å². The van der Waals surface area contributed by atoms with E-state index in [1.165, 1.54) is 12.5 Å². The average molecular weight is 467 g/mol. The number of aromatic amines is 1. The van der Waals surface area contributed by atoms with Gasteiger partial charge in [0.25, 0.3) is 0 Å². The number of benzene rings is 1. The Hall–Kier alpha value is -3.12. The lowest BCUT2D eigenvalue weighted by molar-refractivity contribution is 0.103. The summed E-state index contributed by atoms with van der Waals surface area (Å²) in [6, 6.07) is 1.75. The van der Waals surface area contributed by atoms with Crippen LogP contribution in [0.4, 0.5) is 20.3 Å². The van der Waals surface area contributed by atoms with Crippen LogP contribution in [0.3, 0.4) is 0 Å². The van der Waals surface area contributed by atoms with E-state index in [0.29, 0.717) is 11.5 Å². The predicted octanol–water partition coefficient (Wildman–Crippen LogP) is 3.29. The zero-order chi connectivity index (χ0) is 23.6. The molecule has 2 heterocycles. The number of hydrogen-bond acceptors (Lipinski definition) is 6. The Kier molecular flexibility index (Phi) is 6.74. The van der Waals surface area contributed by atoms with E-state index < -0.39 is 38.9 Å². The zero-order valence-corrected chi connectivity index (χ0v) is 18.8. The molecule has 0 aliphatic carbocycles. The zero-order valence-electron chi connectivity index (χ0n) is 18.0. The fourth-order valence-corrected chi connectivity index (χ4v) is 4.51. The summed E-state index contributed by atoms with van der Waals surface area (Å²) in [6.45, 7) is 7.30. The summed E-state index contributed by atoms with van der Waals surface area (Å²) >= 11 is 0. The summed E-state index contributed by atoms with van der Waals surface area (Å²) in [5.41, 5.74) is -1.15. The van der Waals surface area contributed by atoms with Crippen LogP contribution < -0.4 is 10.0 Å². The topological polar surface area (TPSA) is 120 Å². The van der Waals surface area contributed by atoms with Gasteiger partial charge in [-0.2, -0.15) is 12.7 Å². The minimum Gasteiger partial charge on any atom is -0.367 e. The van der Waals surface area contributed by atoms with Crippen LogP contribution in [-0.4, -0.2) is 52.6 Å². The molecule has 9 nitrogen and oxygen atoms in total. The number of carbonyl (C=O) groups is 1. The van der Waals surface area contributed by atoms with Crippen molar-refractivity contribution in [3.05, 3.63) is 47.4 Å². The van der Waals surface area contributed by atoms with Gasteiger partial charge >= 0.3 is 10.2 Å². The molecule has 0 fully saturated rings. The average Bonchev–Trinajstić information content (AvgIpc) is 3.15. The largest absolute Gasteiger partial charge is 0.367 e. The summed E-state index contributed by atoms with van der Waals surface area (Å²) in [5, 5.41) is 3.35. The predicted molar refractivity (Wildman–Crippen MR) is 118 cm³/mol. The molecule has 3 rings (SSSR count). The van der Waals surface area contributed by atoms with E-state index in [4.69, 9.17) is 0 Å². The standard InChI is InChI=1S/C20H24F2N6O3S/c1-5-28(6-2)32(30,31)27-14-8-7-13(21)16(17(14)22)18(29)12-9-23-19-15(12)20(25-10-24-19)26-11(3)4/h7-11,27H,5-6H2,1-4H3,(H2,23,24,25,26). The maximum absolute atomic E-state index is 15.2. The van der Waals surface area contributed by atoms with Gasteiger partial charge in [-0.15, -0.1) is 0 Å². The molecule has 0 spiro atoms. The molecule has 3 aromatic rings. The van der Waals surface area contributed by atoms with Gasteiger partial charge in [0.05, 0.1) is 22.2 Å². The first-order chi connectivity index (χ1) is 15.1. The molecule has 0 amide bonds. The van der Waals surface area contributed by atoms with Crippen molar-refractivity contribution in [1.29, 1.82) is 0 Å². The second kappa shape index (κ2) is 9.17. The number of aromatic nitrogens is 3. The van der Waals surface area contributed by atoms with Crippen molar-refractivity contribution >= 4 is 38.5 Å². The van der Waals surface area contributed by atoms with Crippen LogP contribution in [0.1, 0.15) is 43.6 Å². The van der Waals surface area contributed by atoms with Gasteiger partial charge in [-0.05, 0) is 26.0 Å². The molecular formula is C20H24F2N6O3S. The van der Waals surface area contributed by atoms with E-state index in [1.807, 2.05) is 13.8 Å². The molecule has 0 saturated carbocycles. The third kappa shape index (κ3) is 4.41. The first kappa shape index (κ1) is 23.5. The van der Waals surface area contributed by atoms with Crippen LogP contribution in [0.2, 0.25) is 0 Å². The molecule has 0 bridgehead atoms. The number of ketones is 1. The van der Waals surface area contributed by atoms with Crippen molar-refractivity contribution < 1.29 is 22.0 Å². The third-order valence-corrected chi connectivity index (χ3v) is 6.42. The van der Waals surface area contributed by atoms with Crippen LogP contribution in [0.15, 0.2) is 24.7 Å². The third-order valence-electron chi connectivity index (χ3n) is 4.74. The second-order valence-electron chi connectivity index (χ2n) is 7.25. The number of carbonyl (C=O) groups excluding carboxylic acids is 1. The highest BCUT2D eigenvalue weighted by molar-refractivity contribution is 7.90. The molecule has 0 radical (unpaired) electrons. The molecule has 2 aromatic heterocycles. The van der Waals surface area contributed by atoms with Gasteiger partial charge < -0.3 is 10.3 Å². The fraction of sp³-hybridized carbons (Fsp3) is 0.350. The lowest BCUT2D eigenvalue weighted by atomic mass is 10.0. The Morgan fingerprint density at radius 3 is 2.50 bits per heavy atom. The van der Waals surface area contributed by atoms with Crippen molar-refractivity contribution in [1.82, 2.24) is 19.3 Å². The Labute approximate surface area is 184 Å². The Bertz CT molecular complexity index is 1260. The molecule has 0 aliphatic rings. The van der Waals surface area contributed by atoms with Gasteiger partial charge in [0.2, 0.25) is 5.78 Å². The van der Waals surface area contributed by atoms with Crippen LogP contribution in [0, 0.1) is 11.6 Å². The Balaban J connectivity index is 2.10. The SMILES string of the molecule is CCN(CC)S(=O)(=O)Nc1ccc(F)c(C(=O)c2c[nH]c3ncnc(NC(C)C)c23)c1F. The first-order valence-electron chi connectivity index (χ1n) is 9.99. The van der Waals surface area contributed by atoms with E-state index in [-0.39, 0.29) is 30.1 Å². The highest BCUT2D eigenvalue weighted by Gasteiger charge is 2.28. The lowest BCUT2D eigenvalue weighted by Gasteiger charge is -2.20. The van der Waals surface area contributed by atoms with Crippen LogP contribution in [0.5, 0.6) is 0 Å². The number of fused-ring (bicyclic) bond motifs is 1. The van der Waals surface area contributed by atoms with E-state index in [2.05, 4.69) is 25.0 Å². The summed E-state index contributed by atoms with van der Waals surface area (Å²) in [5.74, 6) is -3.08. The van der Waals surface area contributed by atoms with Gasteiger partial charge in [-0.1, -0.05) is 13.8 Å². The smallest absolute Gasteiger partial charge is 0.301 e. The number of nitrogens with one attached hydrogen (secondary N) is 3. The maximum atomic E-state index is 15.2. The lowest BCUT2D eigenvalue weighted by Crippen LogP contribution is -2.35. The van der Waals surface area contributed by atoms with E-state index in [9.17, 15) is 17.6 Å². The molecule has 3 N–H and O–H groups in total. The number of hydrogen-bond donors (Lipinski definition) is 3. The summed E-state index contributed by atoms with van der Waals surface area (Å²) in [6.07, 6.45) is 2.58. The Morgan fingerprint density at radius 2 is 1.88 bits per heavy atom. The van der Waals surface area contributed by atoms with Crippen LogP contribution >= 0.6 is 0 Å². The van der Waals surface area contributed by atoms with E-state index in [0.717, 1.165) is 16.4 Å². The van der Waals surface area contributed by atoms with Crippen LogP contribution in [0.25, 0.3) is 11.0 Å². The van der Waals surface area contributed by atoms with Gasteiger partial charge in [0.15, 0.2) is 5.82 Å². The summed E-state index contributed by atoms with van der Waals surface area (Å²) in [4.78, 5) is 24.2. The molecule has 0 saturated heterocycles. The summed E-state index contributed by atoms with van der Waals surface area (Å²) in [7, 11) is -4.09. The molecule has 1 aromatic carbocycles. The quantitative estimate of drug-likeness (QED) is 0.416. The van der Waals surface area contributed by atoms with Crippen molar-refractivity contribution in [3.63, 3.8) is 0 Å². The van der Waals surface area contributed by atoms with Gasteiger partial charge in [0.1, 0.15) is 23.6 Å². The maximum Gasteiger partial charge on any atom is 0.301 e. The molecule has 0 atom stereocenters. The van der Waals surface area contributed by atoms with Gasteiger partial charge in [0, 0.05) is 25.3 Å². The fourth-order valence-electron chi connectivity index (χ4n) is 3.27. The highest BCUT2D eigenvalue weighted by Crippen LogP contribution is 2.30. The molecule has 0 unspecified atom stereocenters. The minimum atomic E-state index is -4.09. The summed E-state index contributed by atoms with van der Waals surface area (Å²) < 4.78 is 57.9. The molecule has 0 aliphatic heterocycles. The number of rotatable bonds is 9. The minimum absolute atomic E-state index is 0.0303. The molecule has 12 heteroatoms. The molecular weight excluding hydrogens is 442 g/mol. The normalized spacial score (nSPS) is 12.0. The van der Waals surface area contributed by atoms with Crippen molar-refractivity contribution in [3.8, 4) is 0 Å². The van der Waals surface area contributed by atoms with Gasteiger partial charge in [-0.25, -0.2) is 18.7 Å². The van der Waals surface area contributed by atoms with Crippen molar-refractivity contribution in [2.75, 3.05) is 23.1 Å². The number of anilines is 2. The van der Waals surface area contributed by atoms with Crippen LogP contribution in [-0.2, 0) is 10.2 Å². The highest BCUT2D eigenvalue weighted by atomic mass is 32.2.